The van der Waals surface area contributed by atoms with Crippen LogP contribution in [0.5, 0.6) is 0 Å². The smallest absolute Gasteiger partial charge is 0.254 e. The van der Waals surface area contributed by atoms with E-state index in [-0.39, 0.29) is 17.9 Å². The average Bonchev–Trinajstić information content (AvgIpc) is 2.46. The van der Waals surface area contributed by atoms with Crippen molar-refractivity contribution in [1.82, 2.24) is 10.3 Å². The minimum absolute atomic E-state index is 0.118. The minimum Gasteiger partial charge on any atom is -0.396 e. The summed E-state index contributed by atoms with van der Waals surface area (Å²) in [6, 6.07) is 1.68. The number of aromatic nitrogens is 1. The monoisotopic (exact) mass is 296 g/mol. The van der Waals surface area contributed by atoms with Gasteiger partial charge >= 0.3 is 0 Å². The van der Waals surface area contributed by atoms with Crippen LogP contribution in [-0.2, 0) is 0 Å². The van der Waals surface area contributed by atoms with E-state index < -0.39 is 0 Å². The predicted octanol–water partition coefficient (Wildman–Crippen LogP) is 2.72. The molecule has 0 radical (unpaired) electrons. The van der Waals surface area contributed by atoms with Gasteiger partial charge < -0.3 is 10.4 Å². The van der Waals surface area contributed by atoms with Crippen LogP contribution in [0.2, 0.25) is 5.02 Å². The maximum atomic E-state index is 12.2. The molecule has 0 unspecified atom stereocenters. The van der Waals surface area contributed by atoms with Gasteiger partial charge in [-0.05, 0) is 25.8 Å². The number of carbonyl (C=O) groups excluding carboxylic acids is 1. The van der Waals surface area contributed by atoms with Gasteiger partial charge in [-0.15, -0.1) is 0 Å². The number of pyridine rings is 1. The van der Waals surface area contributed by atoms with Gasteiger partial charge in [-0.2, -0.15) is 0 Å². The number of nitrogens with zero attached hydrogens (tertiary/aromatic N) is 1. The summed E-state index contributed by atoms with van der Waals surface area (Å²) in [5.74, 6) is -0.221. The summed E-state index contributed by atoms with van der Waals surface area (Å²) in [5.41, 5.74) is 1.00. The van der Waals surface area contributed by atoms with Crippen molar-refractivity contribution in [2.45, 2.75) is 39.0 Å². The number of nitrogens with one attached hydrogen (secondary N) is 1. The van der Waals surface area contributed by atoms with E-state index in [2.05, 4.69) is 10.3 Å². The molecule has 0 aliphatic heterocycles. The first-order chi connectivity index (χ1) is 9.56. The molecule has 20 heavy (non-hydrogen) atoms. The first-order valence-electron chi connectivity index (χ1n) is 7.07. The van der Waals surface area contributed by atoms with E-state index in [4.69, 9.17) is 11.6 Å². The molecule has 0 atom stereocenters. The molecule has 110 valence electrons. The normalized spacial score (nSPS) is 17.8. The molecule has 1 aromatic rings. The fourth-order valence-corrected chi connectivity index (χ4v) is 3.04. The summed E-state index contributed by atoms with van der Waals surface area (Å²) < 4.78 is 0. The maximum Gasteiger partial charge on any atom is 0.254 e. The van der Waals surface area contributed by atoms with Crippen LogP contribution >= 0.6 is 11.6 Å². The van der Waals surface area contributed by atoms with E-state index in [9.17, 15) is 9.90 Å². The molecule has 1 aliphatic carbocycles. The van der Waals surface area contributed by atoms with E-state index >= 15 is 0 Å². The van der Waals surface area contributed by atoms with Crippen molar-refractivity contribution in [2.24, 2.45) is 5.41 Å². The highest BCUT2D eigenvalue weighted by Crippen LogP contribution is 2.35. The Morgan fingerprint density at radius 3 is 2.75 bits per heavy atom. The summed E-state index contributed by atoms with van der Waals surface area (Å²) >= 11 is 6.06. The molecule has 1 saturated carbocycles. The Kier molecular flexibility index (Phi) is 5.00. The zero-order valence-electron chi connectivity index (χ0n) is 11.8. The number of carbonyl (C=O) groups is 1. The Labute approximate surface area is 124 Å². The Bertz CT molecular complexity index is 485. The zero-order chi connectivity index (χ0) is 14.6. The van der Waals surface area contributed by atoms with E-state index in [0.29, 0.717) is 17.1 Å². The minimum atomic E-state index is -0.221. The molecule has 0 spiro atoms. The van der Waals surface area contributed by atoms with E-state index in [1.807, 2.05) is 6.92 Å². The summed E-state index contributed by atoms with van der Waals surface area (Å²) in [4.78, 5) is 16.3. The Morgan fingerprint density at radius 1 is 1.45 bits per heavy atom. The number of aliphatic hydroxyl groups excluding tert-OH is 1. The standard InChI is InChI=1S/C15H21ClN2O2/c1-11-7-13(16)12(8-17-11)14(20)18-9-15(10-19)5-3-2-4-6-15/h7-8,19H,2-6,9-10H2,1H3,(H,18,20). The van der Waals surface area contributed by atoms with Crippen LogP contribution in [0.4, 0.5) is 0 Å². The van der Waals surface area contributed by atoms with Gasteiger partial charge in [0.05, 0.1) is 17.2 Å². The summed E-state index contributed by atoms with van der Waals surface area (Å²) in [5, 5.41) is 12.9. The summed E-state index contributed by atoms with van der Waals surface area (Å²) in [6.07, 6.45) is 6.86. The van der Waals surface area contributed by atoms with Gasteiger partial charge in [-0.25, -0.2) is 0 Å². The van der Waals surface area contributed by atoms with Gasteiger partial charge in [0.1, 0.15) is 0 Å². The molecule has 2 N–H and O–H groups in total. The number of halogens is 1. The second-order valence-electron chi connectivity index (χ2n) is 5.71. The van der Waals surface area contributed by atoms with E-state index in [1.54, 1.807) is 6.07 Å². The topological polar surface area (TPSA) is 62.2 Å². The number of aliphatic hydroxyl groups is 1. The van der Waals surface area contributed by atoms with E-state index in [0.717, 1.165) is 31.4 Å². The molecule has 1 fully saturated rings. The number of hydrogen-bond donors (Lipinski definition) is 2. The molecule has 0 aromatic carbocycles. The van der Waals surface area contributed by atoms with Gasteiger partial charge in [-0.1, -0.05) is 30.9 Å². The molecule has 1 heterocycles. The van der Waals surface area contributed by atoms with Crippen molar-refractivity contribution in [3.8, 4) is 0 Å². The highest BCUT2D eigenvalue weighted by molar-refractivity contribution is 6.33. The average molecular weight is 297 g/mol. The molecular formula is C15H21ClN2O2. The van der Waals surface area contributed by atoms with Crippen molar-refractivity contribution < 1.29 is 9.90 Å². The maximum absolute atomic E-state index is 12.2. The zero-order valence-corrected chi connectivity index (χ0v) is 12.5. The Balaban J connectivity index is 2.00. The first-order valence-corrected chi connectivity index (χ1v) is 7.45. The Morgan fingerprint density at radius 2 is 2.15 bits per heavy atom. The van der Waals surface area contributed by atoms with Crippen molar-refractivity contribution in [3.63, 3.8) is 0 Å². The summed E-state index contributed by atoms with van der Waals surface area (Å²) in [7, 11) is 0. The molecular weight excluding hydrogens is 276 g/mol. The molecule has 1 amide bonds. The van der Waals surface area contributed by atoms with Crippen molar-refractivity contribution in [1.29, 1.82) is 0 Å². The second-order valence-corrected chi connectivity index (χ2v) is 6.11. The van der Waals surface area contributed by atoms with Crippen molar-refractivity contribution in [3.05, 3.63) is 28.5 Å². The van der Waals surface area contributed by atoms with E-state index in [1.165, 1.54) is 12.6 Å². The fourth-order valence-electron chi connectivity index (χ4n) is 2.75. The quantitative estimate of drug-likeness (QED) is 0.898. The van der Waals surface area contributed by atoms with Crippen LogP contribution in [-0.4, -0.2) is 29.1 Å². The number of hydrogen-bond acceptors (Lipinski definition) is 3. The lowest BCUT2D eigenvalue weighted by Crippen LogP contribution is -2.41. The molecule has 1 aromatic heterocycles. The van der Waals surface area contributed by atoms with Crippen molar-refractivity contribution >= 4 is 17.5 Å². The highest BCUT2D eigenvalue weighted by Gasteiger charge is 2.31. The van der Waals surface area contributed by atoms with Gasteiger partial charge in [-0.3, -0.25) is 9.78 Å². The van der Waals surface area contributed by atoms with Gasteiger partial charge in [0, 0.05) is 23.9 Å². The third-order valence-electron chi connectivity index (χ3n) is 4.11. The molecule has 5 heteroatoms. The number of aryl methyl sites for hydroxylation is 1. The molecule has 0 saturated heterocycles. The first kappa shape index (κ1) is 15.3. The van der Waals surface area contributed by atoms with Crippen LogP contribution in [0.25, 0.3) is 0 Å². The molecule has 2 rings (SSSR count). The lowest BCUT2D eigenvalue weighted by atomic mass is 9.74. The lowest BCUT2D eigenvalue weighted by Gasteiger charge is -2.35. The third-order valence-corrected chi connectivity index (χ3v) is 4.42. The summed E-state index contributed by atoms with van der Waals surface area (Å²) in [6.45, 7) is 2.44. The van der Waals surface area contributed by atoms with Crippen LogP contribution in [0, 0.1) is 12.3 Å². The van der Waals surface area contributed by atoms with Gasteiger partial charge in [0.2, 0.25) is 0 Å². The molecule has 0 bridgehead atoms. The molecule has 1 aliphatic rings. The van der Waals surface area contributed by atoms with Crippen LogP contribution in [0.1, 0.15) is 48.2 Å². The fraction of sp³-hybridized carbons (Fsp3) is 0.600. The van der Waals surface area contributed by atoms with Crippen LogP contribution < -0.4 is 5.32 Å². The van der Waals surface area contributed by atoms with Gasteiger partial charge in [0.15, 0.2) is 0 Å². The Hall–Kier alpha value is -1.13. The van der Waals surface area contributed by atoms with Crippen LogP contribution in [0.15, 0.2) is 12.3 Å². The van der Waals surface area contributed by atoms with Crippen LogP contribution in [0.3, 0.4) is 0 Å². The highest BCUT2D eigenvalue weighted by atomic mass is 35.5. The number of amides is 1. The number of rotatable bonds is 4. The third kappa shape index (κ3) is 3.49. The van der Waals surface area contributed by atoms with Gasteiger partial charge in [0.25, 0.3) is 5.91 Å². The van der Waals surface area contributed by atoms with Crippen molar-refractivity contribution in [2.75, 3.05) is 13.2 Å². The predicted molar refractivity (Wildman–Crippen MR) is 78.9 cm³/mol. The SMILES string of the molecule is Cc1cc(Cl)c(C(=O)NCC2(CO)CCCCC2)cn1. The second kappa shape index (κ2) is 6.55. The molecule has 4 nitrogen and oxygen atoms in total. The largest absolute Gasteiger partial charge is 0.396 e. The lowest BCUT2D eigenvalue weighted by molar-refractivity contribution is 0.0718.